The molecule has 0 saturated heterocycles. The van der Waals surface area contributed by atoms with E-state index in [1.165, 1.54) is 0 Å². The summed E-state index contributed by atoms with van der Waals surface area (Å²) in [5.74, 6) is 0.762. The number of oxime groups is 1. The van der Waals surface area contributed by atoms with Crippen LogP contribution in [0.1, 0.15) is 25.8 Å². The van der Waals surface area contributed by atoms with Gasteiger partial charge in [-0.3, -0.25) is 0 Å². The van der Waals surface area contributed by atoms with Gasteiger partial charge < -0.3 is 19.4 Å². The molecule has 0 aliphatic heterocycles. The van der Waals surface area contributed by atoms with E-state index in [9.17, 15) is 4.79 Å². The summed E-state index contributed by atoms with van der Waals surface area (Å²) in [6, 6.07) is 5.40. The van der Waals surface area contributed by atoms with Gasteiger partial charge in [0, 0.05) is 6.42 Å². The molecule has 1 aromatic rings. The zero-order chi connectivity index (χ0) is 15.8. The highest BCUT2D eigenvalue weighted by molar-refractivity contribution is 6.36. The van der Waals surface area contributed by atoms with Gasteiger partial charge in [-0.15, -0.1) is 0 Å². The Bertz CT molecular complexity index is 511. The van der Waals surface area contributed by atoms with E-state index in [0.29, 0.717) is 17.9 Å². The Morgan fingerprint density at radius 2 is 2.00 bits per heavy atom. The Morgan fingerprint density at radius 1 is 1.29 bits per heavy atom. The van der Waals surface area contributed by atoms with Crippen LogP contribution in [0.3, 0.4) is 0 Å². The van der Waals surface area contributed by atoms with E-state index in [4.69, 9.17) is 19.4 Å². The van der Waals surface area contributed by atoms with Gasteiger partial charge in [0.05, 0.1) is 20.3 Å². The van der Waals surface area contributed by atoms with Gasteiger partial charge >= 0.3 is 5.97 Å². The first-order chi connectivity index (χ1) is 10.0. The fourth-order valence-corrected chi connectivity index (χ4v) is 1.81. The molecule has 1 aromatic carbocycles. The van der Waals surface area contributed by atoms with Gasteiger partial charge in [0.2, 0.25) is 0 Å². The molecule has 6 heteroatoms. The van der Waals surface area contributed by atoms with E-state index in [2.05, 4.69) is 5.16 Å². The summed E-state index contributed by atoms with van der Waals surface area (Å²) in [5, 5.41) is 12.0. The van der Waals surface area contributed by atoms with Crippen LogP contribution in [-0.2, 0) is 16.0 Å². The molecule has 0 unspecified atom stereocenters. The summed E-state index contributed by atoms with van der Waals surface area (Å²) < 4.78 is 15.4. The van der Waals surface area contributed by atoms with Crippen molar-refractivity contribution in [2.24, 2.45) is 5.16 Å². The minimum Gasteiger partial charge on any atom is -0.497 e. The number of aryl methyl sites for hydroxylation is 1. The number of methoxy groups -OCH3 is 2. The number of ether oxygens (including phenoxy) is 3. The van der Waals surface area contributed by atoms with Crippen molar-refractivity contribution in [3.05, 3.63) is 23.8 Å². The molecule has 0 fully saturated rings. The lowest BCUT2D eigenvalue weighted by Gasteiger charge is -2.11. The summed E-state index contributed by atoms with van der Waals surface area (Å²) in [6.45, 7) is 3.47. The van der Waals surface area contributed by atoms with Crippen molar-refractivity contribution >= 4 is 11.7 Å². The minimum atomic E-state index is -0.616. The molecule has 0 atom stereocenters. The molecule has 0 aliphatic rings. The SMILES string of the molecule is COc1ccc(OC)c(CC/C(=N/O)C(=O)OC(C)C)c1. The third kappa shape index (κ3) is 4.98. The second kappa shape index (κ2) is 8.14. The van der Waals surface area contributed by atoms with Crippen molar-refractivity contribution < 1.29 is 24.2 Å². The largest absolute Gasteiger partial charge is 0.497 e. The molecule has 6 nitrogen and oxygen atoms in total. The monoisotopic (exact) mass is 295 g/mol. The Hall–Kier alpha value is -2.24. The average Bonchev–Trinajstić information content (AvgIpc) is 2.46. The Kier molecular flexibility index (Phi) is 6.52. The Morgan fingerprint density at radius 3 is 2.52 bits per heavy atom. The molecule has 0 bridgehead atoms. The van der Waals surface area contributed by atoms with Gasteiger partial charge in [0.25, 0.3) is 0 Å². The van der Waals surface area contributed by atoms with Crippen LogP contribution in [0, 0.1) is 0 Å². The van der Waals surface area contributed by atoms with E-state index >= 15 is 0 Å². The van der Waals surface area contributed by atoms with E-state index in [1.54, 1.807) is 40.2 Å². The predicted molar refractivity (Wildman–Crippen MR) is 78.3 cm³/mol. The molecule has 116 valence electrons. The van der Waals surface area contributed by atoms with Crippen LogP contribution in [-0.4, -0.2) is 37.2 Å². The van der Waals surface area contributed by atoms with Crippen molar-refractivity contribution in [2.75, 3.05) is 14.2 Å². The van der Waals surface area contributed by atoms with Crippen molar-refractivity contribution in [3.8, 4) is 11.5 Å². The highest BCUT2D eigenvalue weighted by Crippen LogP contribution is 2.25. The third-order valence-electron chi connectivity index (χ3n) is 2.82. The quantitative estimate of drug-likeness (QED) is 0.362. The lowest BCUT2D eigenvalue weighted by molar-refractivity contribution is -0.139. The van der Waals surface area contributed by atoms with Gasteiger partial charge in [-0.2, -0.15) is 0 Å². The smallest absolute Gasteiger partial charge is 0.356 e. The number of carbonyl (C=O) groups is 1. The van der Waals surface area contributed by atoms with Gasteiger partial charge in [-0.1, -0.05) is 5.16 Å². The number of hydrogen-bond acceptors (Lipinski definition) is 6. The molecule has 0 radical (unpaired) electrons. The molecular formula is C15H21NO5. The van der Waals surface area contributed by atoms with Crippen LogP contribution in [0.15, 0.2) is 23.4 Å². The van der Waals surface area contributed by atoms with Crippen molar-refractivity contribution in [1.82, 2.24) is 0 Å². The standard InChI is InChI=1S/C15H21NO5/c1-10(2)21-15(17)13(16-18)7-5-11-9-12(19-3)6-8-14(11)20-4/h6,8-10,18H,5,7H2,1-4H3/b16-13-. The van der Waals surface area contributed by atoms with Gasteiger partial charge in [-0.05, 0) is 44.0 Å². The molecule has 0 heterocycles. The van der Waals surface area contributed by atoms with E-state index in [1.807, 2.05) is 6.07 Å². The molecule has 0 spiro atoms. The number of nitrogens with zero attached hydrogens (tertiary/aromatic N) is 1. The maximum atomic E-state index is 11.7. The fraction of sp³-hybridized carbons (Fsp3) is 0.467. The molecule has 0 aromatic heterocycles. The molecule has 1 N–H and O–H groups in total. The first kappa shape index (κ1) is 16.8. The Labute approximate surface area is 124 Å². The van der Waals surface area contributed by atoms with Crippen LogP contribution in [0.25, 0.3) is 0 Å². The summed E-state index contributed by atoms with van der Waals surface area (Å²) >= 11 is 0. The van der Waals surface area contributed by atoms with Crippen molar-refractivity contribution in [1.29, 1.82) is 0 Å². The topological polar surface area (TPSA) is 77.4 Å². The number of benzene rings is 1. The molecule has 1 rings (SSSR count). The lowest BCUT2D eigenvalue weighted by atomic mass is 10.1. The molecule has 0 amide bonds. The first-order valence-electron chi connectivity index (χ1n) is 6.64. The zero-order valence-electron chi connectivity index (χ0n) is 12.8. The average molecular weight is 295 g/mol. The molecular weight excluding hydrogens is 274 g/mol. The number of esters is 1. The van der Waals surface area contributed by atoms with Gasteiger partial charge in [-0.25, -0.2) is 4.79 Å². The first-order valence-corrected chi connectivity index (χ1v) is 6.64. The number of rotatable bonds is 7. The van der Waals surface area contributed by atoms with Crippen molar-refractivity contribution in [2.45, 2.75) is 32.8 Å². The molecule has 0 saturated carbocycles. The molecule has 0 aliphatic carbocycles. The summed E-state index contributed by atoms with van der Waals surface area (Å²) in [5.41, 5.74) is 0.837. The maximum absolute atomic E-state index is 11.7. The van der Waals surface area contributed by atoms with E-state index < -0.39 is 5.97 Å². The van der Waals surface area contributed by atoms with Crippen molar-refractivity contribution in [3.63, 3.8) is 0 Å². The summed E-state index contributed by atoms with van der Waals surface area (Å²) in [7, 11) is 3.14. The highest BCUT2D eigenvalue weighted by Gasteiger charge is 2.16. The lowest BCUT2D eigenvalue weighted by Crippen LogP contribution is -2.22. The van der Waals surface area contributed by atoms with Crippen LogP contribution < -0.4 is 9.47 Å². The summed E-state index contributed by atoms with van der Waals surface area (Å²) in [6.07, 6.45) is 0.444. The third-order valence-corrected chi connectivity index (χ3v) is 2.82. The second-order valence-electron chi connectivity index (χ2n) is 4.68. The fourth-order valence-electron chi connectivity index (χ4n) is 1.81. The number of carbonyl (C=O) groups excluding carboxylic acids is 1. The summed E-state index contributed by atoms with van der Waals surface area (Å²) in [4.78, 5) is 11.7. The van der Waals surface area contributed by atoms with Crippen LogP contribution >= 0.6 is 0 Å². The zero-order valence-corrected chi connectivity index (χ0v) is 12.8. The second-order valence-corrected chi connectivity index (χ2v) is 4.68. The maximum Gasteiger partial charge on any atom is 0.356 e. The number of hydrogen-bond donors (Lipinski definition) is 1. The van der Waals surface area contributed by atoms with E-state index in [-0.39, 0.29) is 18.2 Å². The van der Waals surface area contributed by atoms with Gasteiger partial charge in [0.1, 0.15) is 11.5 Å². The highest BCUT2D eigenvalue weighted by atomic mass is 16.5. The molecule has 21 heavy (non-hydrogen) atoms. The van der Waals surface area contributed by atoms with E-state index in [0.717, 1.165) is 5.56 Å². The normalized spacial score (nSPS) is 11.4. The Balaban J connectivity index is 2.79. The predicted octanol–water partition coefficient (Wildman–Crippen LogP) is 2.42. The van der Waals surface area contributed by atoms with Crippen LogP contribution in [0.5, 0.6) is 11.5 Å². The van der Waals surface area contributed by atoms with Crippen LogP contribution in [0.2, 0.25) is 0 Å². The minimum absolute atomic E-state index is 0.0198. The van der Waals surface area contributed by atoms with Gasteiger partial charge in [0.15, 0.2) is 5.71 Å². The van der Waals surface area contributed by atoms with Crippen LogP contribution in [0.4, 0.5) is 0 Å².